The zero-order valence-electron chi connectivity index (χ0n) is 11.6. The van der Waals surface area contributed by atoms with Gasteiger partial charge in [-0.05, 0) is 41.6 Å². The quantitative estimate of drug-likeness (QED) is 0.776. The van der Waals surface area contributed by atoms with Crippen LogP contribution in [0.1, 0.15) is 28.1 Å². The molecule has 0 saturated heterocycles. The average Bonchev–Trinajstić information content (AvgIpc) is 3.06. The molecule has 1 aromatic carbocycles. The number of benzene rings is 1. The van der Waals surface area contributed by atoms with E-state index in [-0.39, 0.29) is 5.78 Å². The molecule has 1 aliphatic rings. The first-order chi connectivity index (χ1) is 10.2. The van der Waals surface area contributed by atoms with Crippen LogP contribution in [0.15, 0.2) is 42.3 Å². The molecule has 1 aliphatic heterocycles. The maximum absolute atomic E-state index is 12.3. The van der Waals surface area contributed by atoms with Gasteiger partial charge in [-0.1, -0.05) is 12.6 Å². The van der Waals surface area contributed by atoms with Gasteiger partial charge in [-0.3, -0.25) is 4.79 Å². The van der Waals surface area contributed by atoms with Gasteiger partial charge in [-0.15, -0.1) is 11.3 Å². The van der Waals surface area contributed by atoms with E-state index in [0.29, 0.717) is 43.1 Å². The van der Waals surface area contributed by atoms with Gasteiger partial charge in [0.2, 0.25) is 0 Å². The minimum atomic E-state index is 0.102. The fourth-order valence-electron chi connectivity index (χ4n) is 2.23. The fraction of sp³-hybridized carbons (Fsp3) is 0.235. The number of ketones is 1. The zero-order chi connectivity index (χ0) is 14.7. The summed E-state index contributed by atoms with van der Waals surface area (Å²) in [5, 5.41) is 2.02. The maximum Gasteiger partial charge on any atom is 0.163 e. The fourth-order valence-corrected chi connectivity index (χ4v) is 2.96. The van der Waals surface area contributed by atoms with E-state index >= 15 is 0 Å². The van der Waals surface area contributed by atoms with Crippen molar-refractivity contribution in [2.45, 2.75) is 12.8 Å². The molecule has 0 atom stereocenters. The molecule has 0 amide bonds. The number of carbonyl (C=O) groups is 1. The number of allylic oxidation sites excluding steroid dienone is 1. The van der Waals surface area contributed by atoms with Crippen LogP contribution in [0.3, 0.4) is 0 Å². The second-order valence-electron chi connectivity index (χ2n) is 4.86. The van der Waals surface area contributed by atoms with Crippen LogP contribution in [0.25, 0.3) is 5.57 Å². The first-order valence-corrected chi connectivity index (χ1v) is 7.76. The first-order valence-electron chi connectivity index (χ1n) is 6.88. The van der Waals surface area contributed by atoms with Gasteiger partial charge < -0.3 is 9.47 Å². The number of ether oxygens (including phenoxy) is 2. The van der Waals surface area contributed by atoms with Crippen LogP contribution < -0.4 is 9.47 Å². The van der Waals surface area contributed by atoms with Gasteiger partial charge in [0.25, 0.3) is 0 Å². The van der Waals surface area contributed by atoms with Crippen LogP contribution in [0.2, 0.25) is 0 Å². The highest BCUT2D eigenvalue weighted by Crippen LogP contribution is 2.31. The van der Waals surface area contributed by atoms with Gasteiger partial charge in [-0.25, -0.2) is 0 Å². The summed E-state index contributed by atoms with van der Waals surface area (Å²) in [6.45, 7) is 5.13. The predicted molar refractivity (Wildman–Crippen MR) is 84.3 cm³/mol. The highest BCUT2D eigenvalue weighted by molar-refractivity contribution is 7.11. The van der Waals surface area contributed by atoms with E-state index in [2.05, 4.69) is 6.58 Å². The molecule has 0 spiro atoms. The Morgan fingerprint density at radius 3 is 2.71 bits per heavy atom. The topological polar surface area (TPSA) is 35.5 Å². The van der Waals surface area contributed by atoms with Crippen molar-refractivity contribution in [3.8, 4) is 11.5 Å². The molecule has 108 valence electrons. The minimum absolute atomic E-state index is 0.102. The molecule has 3 nitrogen and oxygen atoms in total. The third kappa shape index (κ3) is 3.16. The second-order valence-corrected chi connectivity index (χ2v) is 5.81. The minimum Gasteiger partial charge on any atom is -0.486 e. The molecule has 3 rings (SSSR count). The predicted octanol–water partition coefficient (Wildman–Crippen LogP) is 4.20. The third-order valence-electron chi connectivity index (χ3n) is 3.39. The van der Waals surface area contributed by atoms with Crippen LogP contribution in [-0.2, 0) is 0 Å². The van der Waals surface area contributed by atoms with Gasteiger partial charge in [0.05, 0.1) is 0 Å². The summed E-state index contributed by atoms with van der Waals surface area (Å²) >= 11 is 1.65. The normalized spacial score (nSPS) is 13.0. The Morgan fingerprint density at radius 2 is 1.95 bits per heavy atom. The van der Waals surface area contributed by atoms with Gasteiger partial charge in [0.1, 0.15) is 13.2 Å². The molecule has 0 aliphatic carbocycles. The van der Waals surface area contributed by atoms with Crippen LogP contribution >= 0.6 is 11.3 Å². The molecule has 0 bridgehead atoms. The lowest BCUT2D eigenvalue weighted by Gasteiger charge is -2.18. The average molecular weight is 300 g/mol. The van der Waals surface area contributed by atoms with E-state index < -0.39 is 0 Å². The summed E-state index contributed by atoms with van der Waals surface area (Å²) < 4.78 is 11.0. The third-order valence-corrected chi connectivity index (χ3v) is 4.36. The van der Waals surface area contributed by atoms with Crippen LogP contribution in [0.4, 0.5) is 0 Å². The van der Waals surface area contributed by atoms with Crippen molar-refractivity contribution in [2.75, 3.05) is 13.2 Å². The Labute approximate surface area is 127 Å². The molecular weight excluding hydrogens is 284 g/mol. The number of rotatable bonds is 5. The lowest BCUT2D eigenvalue weighted by Crippen LogP contribution is -2.15. The van der Waals surface area contributed by atoms with Gasteiger partial charge in [0.15, 0.2) is 17.3 Å². The highest BCUT2D eigenvalue weighted by atomic mass is 32.1. The lowest BCUT2D eigenvalue weighted by atomic mass is 10.0. The summed E-state index contributed by atoms with van der Waals surface area (Å²) in [6.07, 6.45) is 1.13. The molecule has 0 radical (unpaired) electrons. The number of carbonyl (C=O) groups excluding carboxylic acids is 1. The smallest absolute Gasteiger partial charge is 0.163 e. The van der Waals surface area contributed by atoms with Crippen LogP contribution in [0, 0.1) is 0 Å². The van der Waals surface area contributed by atoms with E-state index in [4.69, 9.17) is 9.47 Å². The molecule has 2 aromatic rings. The summed E-state index contributed by atoms with van der Waals surface area (Å²) in [7, 11) is 0. The monoisotopic (exact) mass is 300 g/mol. The van der Waals surface area contributed by atoms with Crippen LogP contribution in [0.5, 0.6) is 11.5 Å². The number of hydrogen-bond acceptors (Lipinski definition) is 4. The number of fused-ring (bicyclic) bond motifs is 1. The SMILES string of the molecule is C=C(CCC(=O)c1ccc2c(c1)OCCO2)c1cccs1. The Hall–Kier alpha value is -2.07. The molecule has 1 aromatic heterocycles. The van der Waals surface area contributed by atoms with E-state index in [9.17, 15) is 4.79 Å². The molecule has 0 saturated carbocycles. The molecule has 0 fully saturated rings. The largest absolute Gasteiger partial charge is 0.486 e. The second kappa shape index (κ2) is 6.14. The van der Waals surface area contributed by atoms with Gasteiger partial charge in [-0.2, -0.15) is 0 Å². The lowest BCUT2D eigenvalue weighted by molar-refractivity contribution is 0.0983. The molecule has 0 N–H and O–H groups in total. The summed E-state index contributed by atoms with van der Waals surface area (Å²) in [5.41, 5.74) is 1.68. The number of Topliss-reactive ketones (excluding diaryl/α,β-unsaturated/α-hetero) is 1. The van der Waals surface area contributed by atoms with E-state index in [1.165, 1.54) is 0 Å². The number of thiophene rings is 1. The van der Waals surface area contributed by atoms with E-state index in [0.717, 1.165) is 10.5 Å². The van der Waals surface area contributed by atoms with Crippen molar-refractivity contribution in [1.29, 1.82) is 0 Å². The van der Waals surface area contributed by atoms with Crippen molar-refractivity contribution in [2.24, 2.45) is 0 Å². The molecular formula is C17H16O3S. The molecule has 0 unspecified atom stereocenters. The Bertz CT molecular complexity index is 659. The summed E-state index contributed by atoms with van der Waals surface area (Å²) in [5.74, 6) is 1.47. The van der Waals surface area contributed by atoms with Crippen molar-refractivity contribution < 1.29 is 14.3 Å². The van der Waals surface area contributed by atoms with Crippen LogP contribution in [-0.4, -0.2) is 19.0 Å². The maximum atomic E-state index is 12.3. The van der Waals surface area contributed by atoms with Crippen molar-refractivity contribution in [3.05, 3.63) is 52.7 Å². The first kappa shape index (κ1) is 13.9. The van der Waals surface area contributed by atoms with Crippen molar-refractivity contribution in [1.82, 2.24) is 0 Å². The Balaban J connectivity index is 1.64. The highest BCUT2D eigenvalue weighted by Gasteiger charge is 2.15. The standard InChI is InChI=1S/C17H16O3S/c1-12(17-3-2-10-21-17)4-6-14(18)13-5-7-15-16(11-13)20-9-8-19-15/h2-3,5,7,10-11H,1,4,6,8-9H2. The molecule has 2 heterocycles. The van der Waals surface area contributed by atoms with E-state index in [1.807, 2.05) is 17.5 Å². The molecule has 4 heteroatoms. The number of hydrogen-bond donors (Lipinski definition) is 0. The van der Waals surface area contributed by atoms with E-state index in [1.54, 1.807) is 29.5 Å². The summed E-state index contributed by atoms with van der Waals surface area (Å²) in [6, 6.07) is 9.39. The Kier molecular flexibility index (Phi) is 4.06. The zero-order valence-corrected chi connectivity index (χ0v) is 12.4. The Morgan fingerprint density at radius 1 is 1.14 bits per heavy atom. The molecule has 21 heavy (non-hydrogen) atoms. The van der Waals surface area contributed by atoms with Gasteiger partial charge in [0, 0.05) is 16.9 Å². The van der Waals surface area contributed by atoms with Crippen molar-refractivity contribution >= 4 is 22.7 Å². The van der Waals surface area contributed by atoms with Crippen molar-refractivity contribution in [3.63, 3.8) is 0 Å². The van der Waals surface area contributed by atoms with Gasteiger partial charge >= 0.3 is 0 Å². The summed E-state index contributed by atoms with van der Waals surface area (Å²) in [4.78, 5) is 13.4.